The number of allylic oxidation sites excluding steroid dienone is 5. The third-order valence-electron chi connectivity index (χ3n) is 18.0. The Labute approximate surface area is 311 Å². The van der Waals surface area contributed by atoms with Gasteiger partial charge in [-0.05, 0) is 148 Å². The lowest BCUT2D eigenvalue weighted by Crippen LogP contribution is -2.58. The van der Waals surface area contributed by atoms with E-state index in [2.05, 4.69) is 41.5 Å². The lowest BCUT2D eigenvalue weighted by atomic mass is 9.44. The van der Waals surface area contributed by atoms with Crippen molar-refractivity contribution in [3.05, 3.63) is 35.5 Å². The van der Waals surface area contributed by atoms with Gasteiger partial charge in [-0.15, -0.1) is 0 Å². The summed E-state index contributed by atoms with van der Waals surface area (Å²) in [6.07, 6.45) is 15.4. The number of aliphatic hydroxyl groups excluding tert-OH is 2. The maximum Gasteiger partial charge on any atom is 0.312 e. The zero-order valence-electron chi connectivity index (χ0n) is 33.2. The van der Waals surface area contributed by atoms with Gasteiger partial charge < -0.3 is 14.9 Å². The molecule has 0 saturated heterocycles. The number of ether oxygens (including phenoxy) is 1. The van der Waals surface area contributed by atoms with Crippen LogP contribution >= 0.6 is 0 Å². The molecule has 0 heterocycles. The van der Waals surface area contributed by atoms with Crippen LogP contribution in [0.3, 0.4) is 0 Å². The first-order chi connectivity index (χ1) is 24.3. The number of Topliss-reactive ketones (excluding diaryl/α,β-unsaturated/α-hetero) is 1. The molecule has 7 heteroatoms. The number of rotatable bonds is 2. The van der Waals surface area contributed by atoms with Crippen molar-refractivity contribution in [2.75, 3.05) is 7.11 Å². The summed E-state index contributed by atoms with van der Waals surface area (Å²) in [6.45, 7) is 17.1. The Hall–Kier alpha value is -2.38. The highest BCUT2D eigenvalue weighted by molar-refractivity contribution is 6.01. The van der Waals surface area contributed by atoms with Gasteiger partial charge in [-0.25, -0.2) is 0 Å². The monoisotopic (exact) mass is 716 g/mol. The second kappa shape index (κ2) is 12.6. The van der Waals surface area contributed by atoms with Crippen LogP contribution in [-0.4, -0.2) is 52.8 Å². The molecule has 2 N–H and O–H groups in total. The van der Waals surface area contributed by atoms with Crippen LogP contribution in [-0.2, 0) is 23.9 Å². The van der Waals surface area contributed by atoms with E-state index in [1.165, 1.54) is 18.3 Å². The number of carbonyl (C=O) groups is 4. The maximum absolute atomic E-state index is 12.8. The van der Waals surface area contributed by atoms with E-state index >= 15 is 0 Å². The molecule has 8 aliphatic carbocycles. The molecule has 0 spiro atoms. The third-order valence-corrected chi connectivity index (χ3v) is 18.0. The molecule has 0 amide bonds. The Kier molecular flexibility index (Phi) is 9.17. The first-order valence-corrected chi connectivity index (χ1v) is 20.4. The summed E-state index contributed by atoms with van der Waals surface area (Å²) in [4.78, 5) is 49.0. The summed E-state index contributed by atoms with van der Waals surface area (Å²) >= 11 is 0. The first kappa shape index (κ1) is 37.9. The maximum atomic E-state index is 12.8. The Bertz CT molecular complexity index is 1640. The van der Waals surface area contributed by atoms with Crippen molar-refractivity contribution >= 4 is 23.3 Å². The number of ketones is 3. The molecule has 0 radical (unpaired) electrons. The molecule has 6 saturated carbocycles. The summed E-state index contributed by atoms with van der Waals surface area (Å²) in [7, 11) is 1.47. The Morgan fingerprint density at radius 3 is 2.21 bits per heavy atom. The van der Waals surface area contributed by atoms with Crippen molar-refractivity contribution in [1.29, 1.82) is 0 Å². The summed E-state index contributed by atoms with van der Waals surface area (Å²) in [5.74, 6) is 3.31. The molecule has 0 aliphatic heterocycles. The lowest BCUT2D eigenvalue weighted by Gasteiger charge is -2.61. The van der Waals surface area contributed by atoms with Gasteiger partial charge in [-0.1, -0.05) is 58.8 Å². The van der Waals surface area contributed by atoms with E-state index < -0.39 is 11.5 Å². The van der Waals surface area contributed by atoms with Crippen molar-refractivity contribution in [3.8, 4) is 0 Å². The minimum Gasteiger partial charge on any atom is -0.469 e. The second-order valence-electron chi connectivity index (χ2n) is 20.0. The Morgan fingerprint density at radius 2 is 1.54 bits per heavy atom. The molecule has 0 aromatic rings. The summed E-state index contributed by atoms with van der Waals surface area (Å²) in [5, 5.41) is 22.6. The van der Waals surface area contributed by atoms with Crippen molar-refractivity contribution in [2.45, 2.75) is 132 Å². The largest absolute Gasteiger partial charge is 0.469 e. The van der Waals surface area contributed by atoms with Gasteiger partial charge in [0.15, 0.2) is 11.6 Å². The minimum atomic E-state index is -0.576. The highest BCUT2D eigenvalue weighted by atomic mass is 16.5. The number of hydrogen-bond donors (Lipinski definition) is 2. The smallest absolute Gasteiger partial charge is 0.312 e. The summed E-state index contributed by atoms with van der Waals surface area (Å²) in [5.41, 5.74) is 1.25. The van der Waals surface area contributed by atoms with Crippen LogP contribution in [0, 0.1) is 80.3 Å². The molecule has 7 nitrogen and oxygen atoms in total. The SMILES string of the molecule is CC(=O)[C@H]1CC[C@H]2[C@@H]3C[C@H](C)C4=CC(=O)CC[C@]4(C)[C@H]3[C@@H](O)C[C@]12C.COC(=O)[C@@]1(C)[C@H](C)C[C@H]2[C@@H]3CCC4=CC(=O)C=C[C@]4(C)[C@H]3[C@@H](O)C[C@@]21C. The first-order valence-electron chi connectivity index (χ1n) is 20.4. The van der Waals surface area contributed by atoms with Crippen LogP contribution in [0.25, 0.3) is 0 Å². The lowest BCUT2D eigenvalue weighted by molar-refractivity contribution is -0.175. The Balaban J connectivity index is 0.000000162. The normalized spacial score (nSPS) is 51.6. The number of fused-ring (bicyclic) bond motifs is 10. The van der Waals surface area contributed by atoms with Gasteiger partial charge in [0.25, 0.3) is 0 Å². The molecule has 286 valence electrons. The molecule has 6 fully saturated rings. The van der Waals surface area contributed by atoms with E-state index in [4.69, 9.17) is 4.74 Å². The number of aliphatic hydroxyl groups is 2. The fourth-order valence-corrected chi connectivity index (χ4v) is 15.3. The van der Waals surface area contributed by atoms with E-state index in [1.807, 2.05) is 19.1 Å². The quantitative estimate of drug-likeness (QED) is 0.282. The van der Waals surface area contributed by atoms with Gasteiger partial charge in [0.2, 0.25) is 0 Å². The molecule has 16 atom stereocenters. The van der Waals surface area contributed by atoms with Gasteiger partial charge in [-0.2, -0.15) is 0 Å². The van der Waals surface area contributed by atoms with Crippen LogP contribution in [0.15, 0.2) is 35.5 Å². The van der Waals surface area contributed by atoms with Crippen LogP contribution < -0.4 is 0 Å². The van der Waals surface area contributed by atoms with Gasteiger partial charge in [-0.3, -0.25) is 19.2 Å². The minimum absolute atomic E-state index is 0.0474. The van der Waals surface area contributed by atoms with Crippen LogP contribution in [0.4, 0.5) is 0 Å². The van der Waals surface area contributed by atoms with Gasteiger partial charge in [0.1, 0.15) is 5.78 Å². The summed E-state index contributed by atoms with van der Waals surface area (Å²) < 4.78 is 5.23. The zero-order valence-corrected chi connectivity index (χ0v) is 33.2. The van der Waals surface area contributed by atoms with Crippen molar-refractivity contribution in [2.24, 2.45) is 80.3 Å². The van der Waals surface area contributed by atoms with Crippen LogP contribution in [0.1, 0.15) is 120 Å². The summed E-state index contributed by atoms with van der Waals surface area (Å²) in [6, 6.07) is 0. The van der Waals surface area contributed by atoms with Crippen molar-refractivity contribution in [1.82, 2.24) is 0 Å². The topological polar surface area (TPSA) is 118 Å². The standard InChI is InChI=1S/C23H32O4.C22H32O3/c1-13-10-17-16-7-6-14-11-15(24)8-9-21(14,2)19(16)18(25)12-22(17,3)23(13,4)20(26)27-5;1-12-9-15-17-6-5-16(13(2)23)22(17,4)11-19(25)20(15)21(3)8-7-14(24)10-18(12)21/h8-9,11,13,16-19,25H,6-7,10,12H2,1-5H3;10,12,15-17,19-20,25H,5-9,11H2,1-4H3/t13-,16+,17+,18+,19-,21+,22+,23-;12-,15-,16+,17-,19-,20+,21-,22+/m10/s1. The van der Waals surface area contributed by atoms with E-state index in [0.717, 1.165) is 51.4 Å². The fourth-order valence-electron chi connectivity index (χ4n) is 15.3. The predicted octanol–water partition coefficient (Wildman–Crippen LogP) is 7.63. The predicted molar refractivity (Wildman–Crippen MR) is 199 cm³/mol. The van der Waals surface area contributed by atoms with Crippen molar-refractivity contribution in [3.63, 3.8) is 0 Å². The van der Waals surface area contributed by atoms with E-state index in [9.17, 15) is 29.4 Å². The van der Waals surface area contributed by atoms with Crippen LogP contribution in [0.2, 0.25) is 0 Å². The average Bonchev–Trinajstić information content (AvgIpc) is 3.52. The van der Waals surface area contributed by atoms with Crippen molar-refractivity contribution < 1.29 is 34.1 Å². The molecular weight excluding hydrogens is 652 g/mol. The molecule has 0 bridgehead atoms. The number of carbonyl (C=O) groups excluding carboxylic acids is 4. The molecule has 52 heavy (non-hydrogen) atoms. The number of hydrogen-bond acceptors (Lipinski definition) is 7. The second-order valence-corrected chi connectivity index (χ2v) is 20.0. The molecule has 0 aromatic carbocycles. The molecule has 8 aliphatic rings. The van der Waals surface area contributed by atoms with E-state index in [1.54, 1.807) is 19.1 Å². The Morgan fingerprint density at radius 1 is 0.846 bits per heavy atom. The molecular formula is C45H64O7. The molecule has 0 unspecified atom stereocenters. The van der Waals surface area contributed by atoms with Crippen LogP contribution in [0.5, 0.6) is 0 Å². The molecule has 0 aromatic heterocycles. The van der Waals surface area contributed by atoms with E-state index in [0.29, 0.717) is 48.2 Å². The van der Waals surface area contributed by atoms with Gasteiger partial charge in [0, 0.05) is 23.7 Å². The zero-order chi connectivity index (χ0) is 37.9. The highest BCUT2D eigenvalue weighted by Gasteiger charge is 2.70. The molecule has 8 rings (SSSR count). The van der Waals surface area contributed by atoms with E-state index in [-0.39, 0.29) is 69.0 Å². The number of esters is 1. The van der Waals surface area contributed by atoms with Gasteiger partial charge in [0.05, 0.1) is 24.7 Å². The highest BCUT2D eigenvalue weighted by Crippen LogP contribution is 2.71. The third kappa shape index (κ3) is 5.09. The fraction of sp³-hybridized carbons (Fsp3) is 0.778. The number of methoxy groups -OCH3 is 1. The van der Waals surface area contributed by atoms with Gasteiger partial charge >= 0.3 is 5.97 Å². The average molecular weight is 717 g/mol.